The first-order chi connectivity index (χ1) is 7.24. The van der Waals surface area contributed by atoms with Crippen LogP contribution in [0.2, 0.25) is 0 Å². The van der Waals surface area contributed by atoms with E-state index in [4.69, 9.17) is 12.2 Å². The molecule has 1 aromatic heterocycles. The third kappa shape index (κ3) is 2.60. The second-order valence-electron chi connectivity index (χ2n) is 2.94. The molecule has 2 rings (SSSR count). The Hall–Kier alpha value is -1.75. The van der Waals surface area contributed by atoms with E-state index in [1.54, 1.807) is 18.2 Å². The monoisotopic (exact) mass is 221 g/mol. The summed E-state index contributed by atoms with van der Waals surface area (Å²) in [6, 6.07) is 6.19. The molecule has 0 aliphatic carbocycles. The fourth-order valence-corrected chi connectivity index (χ4v) is 1.26. The first-order valence-corrected chi connectivity index (χ1v) is 4.73. The molecule has 0 bridgehead atoms. The maximum atomic E-state index is 12.6. The van der Waals surface area contributed by atoms with Gasteiger partial charge in [0, 0.05) is 0 Å². The molecule has 76 valence electrons. The Morgan fingerprint density at radius 2 is 1.87 bits per heavy atom. The number of nitrogens with zero attached hydrogens (tertiary/aromatic N) is 1. The number of H-pyrrole nitrogens is 2. The molecule has 0 aliphatic heterocycles. The number of hydrogen-bond acceptors (Lipinski definition) is 2. The zero-order valence-electron chi connectivity index (χ0n) is 7.70. The Labute approximate surface area is 90.7 Å². The van der Waals surface area contributed by atoms with Crippen LogP contribution >= 0.6 is 12.2 Å². The molecule has 0 saturated heterocycles. The van der Waals surface area contributed by atoms with Crippen LogP contribution in [0.5, 0.6) is 0 Å². The molecular formula is C10H8FN3S. The average Bonchev–Trinajstić information content (AvgIpc) is 2.64. The van der Waals surface area contributed by atoms with Crippen LogP contribution in [0.25, 0.3) is 12.2 Å². The molecular weight excluding hydrogens is 213 g/mol. The van der Waals surface area contributed by atoms with Gasteiger partial charge in [-0.05, 0) is 36.0 Å². The summed E-state index contributed by atoms with van der Waals surface area (Å²) in [4.78, 5) is 3.99. The predicted molar refractivity (Wildman–Crippen MR) is 59.1 cm³/mol. The van der Waals surface area contributed by atoms with Crippen LogP contribution in [-0.4, -0.2) is 15.2 Å². The van der Waals surface area contributed by atoms with Gasteiger partial charge >= 0.3 is 0 Å². The quantitative estimate of drug-likeness (QED) is 0.766. The molecule has 0 unspecified atom stereocenters. The third-order valence-corrected chi connectivity index (χ3v) is 2.02. The largest absolute Gasteiger partial charge is 0.282 e. The van der Waals surface area contributed by atoms with Gasteiger partial charge in [-0.3, -0.25) is 10.2 Å². The summed E-state index contributed by atoms with van der Waals surface area (Å²) in [5.74, 6) is 0.399. The second-order valence-corrected chi connectivity index (χ2v) is 3.32. The minimum atomic E-state index is -0.244. The Bertz CT molecular complexity index is 524. The van der Waals surface area contributed by atoms with Gasteiger partial charge in [0.25, 0.3) is 0 Å². The first-order valence-electron chi connectivity index (χ1n) is 4.32. The number of nitrogens with one attached hydrogen (secondary N) is 2. The Balaban J connectivity index is 2.18. The second kappa shape index (κ2) is 4.18. The molecule has 0 aliphatic rings. The highest BCUT2D eigenvalue weighted by Crippen LogP contribution is 2.06. The van der Waals surface area contributed by atoms with Crippen LogP contribution in [0.3, 0.4) is 0 Å². The van der Waals surface area contributed by atoms with Gasteiger partial charge in [-0.2, -0.15) is 0 Å². The summed E-state index contributed by atoms with van der Waals surface area (Å²) < 4.78 is 13.0. The molecule has 0 spiro atoms. The fraction of sp³-hybridized carbons (Fsp3) is 0. The van der Waals surface area contributed by atoms with Gasteiger partial charge in [0.05, 0.1) is 0 Å². The van der Waals surface area contributed by atoms with E-state index in [1.165, 1.54) is 12.1 Å². The van der Waals surface area contributed by atoms with Crippen molar-refractivity contribution < 1.29 is 4.39 Å². The predicted octanol–water partition coefficient (Wildman–Crippen LogP) is 2.78. The molecule has 0 radical (unpaired) electrons. The number of hydrogen-bond donors (Lipinski definition) is 2. The van der Waals surface area contributed by atoms with Gasteiger partial charge < -0.3 is 0 Å². The van der Waals surface area contributed by atoms with E-state index < -0.39 is 0 Å². The minimum absolute atomic E-state index is 0.244. The van der Waals surface area contributed by atoms with Crippen molar-refractivity contribution in [3.05, 3.63) is 46.2 Å². The van der Waals surface area contributed by atoms with Crippen LogP contribution in [-0.2, 0) is 0 Å². The van der Waals surface area contributed by atoms with Crippen LogP contribution in [0, 0.1) is 10.6 Å². The van der Waals surface area contributed by atoms with Gasteiger partial charge in [-0.1, -0.05) is 18.2 Å². The number of benzene rings is 1. The standard InChI is InChI=1S/C10H8FN3S/c11-8-4-1-7(2-5-8)3-6-9-12-10(15)14-13-9/h1-6H,(H2,12,13,14,15). The average molecular weight is 221 g/mol. The van der Waals surface area contributed by atoms with Crippen LogP contribution in [0.15, 0.2) is 24.3 Å². The highest BCUT2D eigenvalue weighted by atomic mass is 32.1. The van der Waals surface area contributed by atoms with E-state index in [0.29, 0.717) is 10.6 Å². The van der Waals surface area contributed by atoms with Crippen molar-refractivity contribution in [2.24, 2.45) is 0 Å². The maximum absolute atomic E-state index is 12.6. The summed E-state index contributed by atoms with van der Waals surface area (Å²) in [5.41, 5.74) is 0.902. The SMILES string of the molecule is Fc1ccc(C=Cc2nc(=S)[nH][nH]2)cc1. The summed E-state index contributed by atoms with van der Waals surface area (Å²) in [5, 5.41) is 5.47. The molecule has 2 aromatic rings. The van der Waals surface area contributed by atoms with Crippen molar-refractivity contribution in [2.75, 3.05) is 0 Å². The van der Waals surface area contributed by atoms with Crippen LogP contribution in [0.1, 0.15) is 11.4 Å². The van der Waals surface area contributed by atoms with Gasteiger partial charge in [0.15, 0.2) is 0 Å². The maximum Gasteiger partial charge on any atom is 0.213 e. The first kappa shape index (κ1) is 9.79. The fourth-order valence-electron chi connectivity index (χ4n) is 1.11. The van der Waals surface area contributed by atoms with E-state index >= 15 is 0 Å². The van der Waals surface area contributed by atoms with Crippen molar-refractivity contribution in [3.8, 4) is 0 Å². The van der Waals surface area contributed by atoms with Crippen molar-refractivity contribution in [1.29, 1.82) is 0 Å². The summed E-state index contributed by atoms with van der Waals surface area (Å²) in [6.07, 6.45) is 3.58. The highest BCUT2D eigenvalue weighted by molar-refractivity contribution is 7.71. The van der Waals surface area contributed by atoms with Crippen LogP contribution < -0.4 is 0 Å². The molecule has 0 atom stereocenters. The number of aromatic amines is 2. The lowest BCUT2D eigenvalue weighted by atomic mass is 10.2. The zero-order chi connectivity index (χ0) is 10.7. The van der Waals surface area contributed by atoms with E-state index in [2.05, 4.69) is 15.2 Å². The Morgan fingerprint density at radius 1 is 1.13 bits per heavy atom. The Kier molecular flexibility index (Phi) is 2.73. The van der Waals surface area contributed by atoms with Gasteiger partial charge in [-0.25, -0.2) is 9.37 Å². The van der Waals surface area contributed by atoms with E-state index in [-0.39, 0.29) is 5.82 Å². The molecule has 1 heterocycles. The molecule has 0 saturated carbocycles. The van der Waals surface area contributed by atoms with Gasteiger partial charge in [0.2, 0.25) is 4.77 Å². The third-order valence-electron chi connectivity index (χ3n) is 1.82. The summed E-state index contributed by atoms with van der Waals surface area (Å²) in [6.45, 7) is 0. The Morgan fingerprint density at radius 3 is 2.47 bits per heavy atom. The van der Waals surface area contributed by atoms with E-state index in [1.807, 2.05) is 6.08 Å². The van der Waals surface area contributed by atoms with Crippen molar-refractivity contribution >= 4 is 24.4 Å². The molecule has 15 heavy (non-hydrogen) atoms. The van der Waals surface area contributed by atoms with Crippen molar-refractivity contribution in [2.45, 2.75) is 0 Å². The topological polar surface area (TPSA) is 44.5 Å². The molecule has 0 fully saturated rings. The summed E-state index contributed by atoms with van der Waals surface area (Å²) >= 11 is 4.80. The van der Waals surface area contributed by atoms with Crippen molar-refractivity contribution in [1.82, 2.24) is 15.2 Å². The molecule has 1 aromatic carbocycles. The van der Waals surface area contributed by atoms with Crippen molar-refractivity contribution in [3.63, 3.8) is 0 Å². The lowest BCUT2D eigenvalue weighted by Gasteiger charge is -1.91. The van der Waals surface area contributed by atoms with E-state index in [9.17, 15) is 4.39 Å². The normalized spacial score (nSPS) is 11.0. The molecule has 2 N–H and O–H groups in total. The summed E-state index contributed by atoms with van der Waals surface area (Å²) in [7, 11) is 0. The molecule has 0 amide bonds. The number of rotatable bonds is 2. The molecule has 5 heteroatoms. The number of halogens is 1. The molecule has 3 nitrogen and oxygen atoms in total. The number of aromatic nitrogens is 3. The highest BCUT2D eigenvalue weighted by Gasteiger charge is 1.91. The van der Waals surface area contributed by atoms with Gasteiger partial charge in [-0.15, -0.1) is 0 Å². The lowest BCUT2D eigenvalue weighted by molar-refractivity contribution is 0.628. The lowest BCUT2D eigenvalue weighted by Crippen LogP contribution is -1.76. The van der Waals surface area contributed by atoms with E-state index in [0.717, 1.165) is 5.56 Å². The minimum Gasteiger partial charge on any atom is -0.282 e. The van der Waals surface area contributed by atoms with Crippen LogP contribution in [0.4, 0.5) is 4.39 Å². The smallest absolute Gasteiger partial charge is 0.213 e. The zero-order valence-corrected chi connectivity index (χ0v) is 8.51. The van der Waals surface area contributed by atoms with Gasteiger partial charge in [0.1, 0.15) is 11.6 Å².